The molecule has 2 heterocycles. The molecule has 1 aromatic heterocycles. The van der Waals surface area contributed by atoms with Crippen LogP contribution in [-0.4, -0.2) is 22.9 Å². The van der Waals surface area contributed by atoms with E-state index in [4.69, 9.17) is 0 Å². The first-order valence-electron chi connectivity index (χ1n) is 7.00. The van der Waals surface area contributed by atoms with Crippen LogP contribution in [0, 0.1) is 20.8 Å². The van der Waals surface area contributed by atoms with Crippen molar-refractivity contribution in [3.05, 3.63) is 41.2 Å². The van der Waals surface area contributed by atoms with Crippen LogP contribution in [0.3, 0.4) is 0 Å². The maximum atomic E-state index is 4.62. The molecule has 3 heteroatoms. The summed E-state index contributed by atoms with van der Waals surface area (Å²) in [6.45, 7) is 8.68. The molecule has 1 aliphatic rings. The highest BCUT2D eigenvalue weighted by atomic mass is 15.3. The molecule has 1 fully saturated rings. The molecule has 1 atom stereocenters. The van der Waals surface area contributed by atoms with Gasteiger partial charge in [0.2, 0.25) is 0 Å². The monoisotopic (exact) mass is 255 g/mol. The molecule has 0 amide bonds. The average molecular weight is 255 g/mol. The summed E-state index contributed by atoms with van der Waals surface area (Å²) < 4.78 is 2.19. The molecule has 0 spiro atoms. The van der Waals surface area contributed by atoms with Crippen LogP contribution in [0.5, 0.6) is 0 Å². The molecule has 0 bridgehead atoms. The number of rotatable bonds is 2. The summed E-state index contributed by atoms with van der Waals surface area (Å²) in [4.78, 5) is 0. The van der Waals surface area contributed by atoms with Crippen LogP contribution < -0.4 is 5.32 Å². The highest BCUT2D eigenvalue weighted by Crippen LogP contribution is 2.30. The van der Waals surface area contributed by atoms with Gasteiger partial charge in [-0.05, 0) is 50.4 Å². The standard InChI is InChI=1S/C16H21N3/c1-11-5-4-6-15(12(11)2)16-10-18-19(13(16)3)14-7-8-17-9-14/h4-6,10,14,17H,7-9H2,1-3H3. The fraction of sp³-hybridized carbons (Fsp3) is 0.438. The van der Waals surface area contributed by atoms with Gasteiger partial charge in [0.15, 0.2) is 0 Å². The van der Waals surface area contributed by atoms with Gasteiger partial charge in [-0.15, -0.1) is 0 Å². The van der Waals surface area contributed by atoms with Crippen molar-refractivity contribution >= 4 is 0 Å². The van der Waals surface area contributed by atoms with Gasteiger partial charge in [0, 0.05) is 17.8 Å². The number of benzene rings is 1. The lowest BCUT2D eigenvalue weighted by Gasteiger charge is -2.13. The molecule has 2 aromatic rings. The van der Waals surface area contributed by atoms with Crippen LogP contribution in [0.15, 0.2) is 24.4 Å². The Labute approximate surface area is 114 Å². The van der Waals surface area contributed by atoms with Gasteiger partial charge >= 0.3 is 0 Å². The van der Waals surface area contributed by atoms with Crippen molar-refractivity contribution in [1.82, 2.24) is 15.1 Å². The van der Waals surface area contributed by atoms with E-state index in [0.717, 1.165) is 13.1 Å². The maximum Gasteiger partial charge on any atom is 0.0658 e. The smallest absolute Gasteiger partial charge is 0.0658 e. The van der Waals surface area contributed by atoms with E-state index in [-0.39, 0.29) is 0 Å². The largest absolute Gasteiger partial charge is 0.315 e. The van der Waals surface area contributed by atoms with Gasteiger partial charge in [0.1, 0.15) is 0 Å². The molecule has 0 aliphatic carbocycles. The molecular formula is C16H21N3. The van der Waals surface area contributed by atoms with E-state index in [2.05, 4.69) is 54.1 Å². The lowest BCUT2D eigenvalue weighted by Crippen LogP contribution is -2.15. The first kappa shape index (κ1) is 12.4. The molecule has 100 valence electrons. The Kier molecular flexibility index (Phi) is 3.15. The number of nitrogens with zero attached hydrogens (tertiary/aromatic N) is 2. The highest BCUT2D eigenvalue weighted by molar-refractivity contribution is 5.69. The molecule has 1 aliphatic heterocycles. The van der Waals surface area contributed by atoms with Crippen molar-refractivity contribution in [3.8, 4) is 11.1 Å². The van der Waals surface area contributed by atoms with Crippen LogP contribution in [0.1, 0.15) is 29.3 Å². The Balaban J connectivity index is 2.04. The van der Waals surface area contributed by atoms with Gasteiger partial charge in [0.05, 0.1) is 12.2 Å². The first-order valence-corrected chi connectivity index (χ1v) is 7.00. The Morgan fingerprint density at radius 2 is 2.05 bits per heavy atom. The number of hydrogen-bond acceptors (Lipinski definition) is 2. The quantitative estimate of drug-likeness (QED) is 0.894. The molecule has 1 unspecified atom stereocenters. The summed E-state index contributed by atoms with van der Waals surface area (Å²) in [7, 11) is 0. The zero-order valence-corrected chi connectivity index (χ0v) is 11.9. The molecule has 3 rings (SSSR count). The maximum absolute atomic E-state index is 4.62. The van der Waals surface area contributed by atoms with Gasteiger partial charge in [0.25, 0.3) is 0 Å². The highest BCUT2D eigenvalue weighted by Gasteiger charge is 2.20. The van der Waals surface area contributed by atoms with E-state index in [9.17, 15) is 0 Å². The second-order valence-electron chi connectivity index (χ2n) is 5.48. The summed E-state index contributed by atoms with van der Waals surface area (Å²) in [6.07, 6.45) is 3.20. The fourth-order valence-electron chi connectivity index (χ4n) is 2.95. The third kappa shape index (κ3) is 2.08. The van der Waals surface area contributed by atoms with Crippen molar-refractivity contribution in [1.29, 1.82) is 0 Å². The molecule has 0 saturated carbocycles. The predicted molar refractivity (Wildman–Crippen MR) is 78.4 cm³/mol. The van der Waals surface area contributed by atoms with Gasteiger partial charge in [-0.3, -0.25) is 4.68 Å². The van der Waals surface area contributed by atoms with E-state index in [1.165, 1.54) is 34.4 Å². The Morgan fingerprint density at radius 3 is 2.79 bits per heavy atom. The molecule has 1 saturated heterocycles. The van der Waals surface area contributed by atoms with Gasteiger partial charge in [-0.1, -0.05) is 18.2 Å². The SMILES string of the molecule is Cc1cccc(-c2cnn(C3CCNC3)c2C)c1C. The minimum absolute atomic E-state index is 0.513. The molecule has 19 heavy (non-hydrogen) atoms. The van der Waals surface area contributed by atoms with E-state index in [1.54, 1.807) is 0 Å². The summed E-state index contributed by atoms with van der Waals surface area (Å²) in [5.74, 6) is 0. The zero-order chi connectivity index (χ0) is 13.4. The fourth-order valence-corrected chi connectivity index (χ4v) is 2.95. The Morgan fingerprint density at radius 1 is 1.21 bits per heavy atom. The third-order valence-electron chi connectivity index (χ3n) is 4.32. The van der Waals surface area contributed by atoms with Gasteiger partial charge in [-0.2, -0.15) is 5.10 Å². The molecule has 0 radical (unpaired) electrons. The van der Waals surface area contributed by atoms with E-state index in [0.29, 0.717) is 6.04 Å². The Bertz CT molecular complexity index is 592. The second kappa shape index (κ2) is 4.82. The van der Waals surface area contributed by atoms with E-state index < -0.39 is 0 Å². The number of nitrogens with one attached hydrogen (secondary N) is 1. The van der Waals surface area contributed by atoms with Crippen molar-refractivity contribution in [3.63, 3.8) is 0 Å². The topological polar surface area (TPSA) is 29.9 Å². The summed E-state index contributed by atoms with van der Waals surface area (Å²) >= 11 is 0. The van der Waals surface area contributed by atoms with Crippen LogP contribution in [0.2, 0.25) is 0 Å². The lowest BCUT2D eigenvalue weighted by atomic mass is 9.98. The normalized spacial score (nSPS) is 19.0. The molecule has 3 nitrogen and oxygen atoms in total. The number of hydrogen-bond donors (Lipinski definition) is 1. The van der Waals surface area contributed by atoms with Crippen LogP contribution >= 0.6 is 0 Å². The average Bonchev–Trinajstić information content (AvgIpc) is 3.02. The van der Waals surface area contributed by atoms with Crippen LogP contribution in [0.25, 0.3) is 11.1 Å². The summed E-state index contributed by atoms with van der Waals surface area (Å²) in [5.41, 5.74) is 6.56. The summed E-state index contributed by atoms with van der Waals surface area (Å²) in [6, 6.07) is 7.01. The van der Waals surface area contributed by atoms with Gasteiger partial charge < -0.3 is 5.32 Å². The minimum atomic E-state index is 0.513. The van der Waals surface area contributed by atoms with Crippen LogP contribution in [0.4, 0.5) is 0 Å². The van der Waals surface area contributed by atoms with Crippen LogP contribution in [-0.2, 0) is 0 Å². The number of aromatic nitrogens is 2. The first-order chi connectivity index (χ1) is 9.18. The van der Waals surface area contributed by atoms with Crippen molar-refractivity contribution in [2.24, 2.45) is 0 Å². The summed E-state index contributed by atoms with van der Waals surface area (Å²) in [5, 5.41) is 8.03. The molecule has 1 aromatic carbocycles. The van der Waals surface area contributed by atoms with E-state index in [1.807, 2.05) is 6.20 Å². The lowest BCUT2D eigenvalue weighted by molar-refractivity contribution is 0.480. The Hall–Kier alpha value is -1.61. The van der Waals surface area contributed by atoms with Crippen molar-refractivity contribution in [2.75, 3.05) is 13.1 Å². The van der Waals surface area contributed by atoms with E-state index >= 15 is 0 Å². The second-order valence-corrected chi connectivity index (χ2v) is 5.48. The predicted octanol–water partition coefficient (Wildman–Crippen LogP) is 3.01. The van der Waals surface area contributed by atoms with Crippen molar-refractivity contribution in [2.45, 2.75) is 33.2 Å². The molecular weight excluding hydrogens is 234 g/mol. The third-order valence-corrected chi connectivity index (χ3v) is 4.32. The zero-order valence-electron chi connectivity index (χ0n) is 11.9. The van der Waals surface area contributed by atoms with Gasteiger partial charge in [-0.25, -0.2) is 0 Å². The van der Waals surface area contributed by atoms with Crippen molar-refractivity contribution < 1.29 is 0 Å². The number of aryl methyl sites for hydroxylation is 1. The minimum Gasteiger partial charge on any atom is -0.315 e. The molecule has 1 N–H and O–H groups in total.